The van der Waals surface area contributed by atoms with Crippen LogP contribution in [0.15, 0.2) is 47.4 Å². The Bertz CT molecular complexity index is 1320. The van der Waals surface area contributed by atoms with E-state index in [1.54, 1.807) is 18.2 Å². The monoisotopic (exact) mass is 496 g/mol. The molecular formula is C26H32N4O4S. The van der Waals surface area contributed by atoms with Crippen LogP contribution in [0.4, 0.5) is 0 Å². The largest absolute Gasteiger partial charge is 0.379 e. The fraction of sp³-hybridized carbons (Fsp3) is 0.462. The molecule has 5 rings (SSSR count). The maximum Gasteiger partial charge on any atom is 0.243 e. The Morgan fingerprint density at radius 3 is 2.54 bits per heavy atom. The summed E-state index contributed by atoms with van der Waals surface area (Å²) in [5.74, 6) is 1.27. The van der Waals surface area contributed by atoms with E-state index in [0.29, 0.717) is 50.6 Å². The third-order valence-electron chi connectivity index (χ3n) is 6.97. The van der Waals surface area contributed by atoms with Crippen LogP contribution in [0.3, 0.4) is 0 Å². The van der Waals surface area contributed by atoms with Crippen LogP contribution < -0.4 is 5.32 Å². The van der Waals surface area contributed by atoms with Crippen molar-refractivity contribution in [2.75, 3.05) is 26.3 Å². The first kappa shape index (κ1) is 24.0. The van der Waals surface area contributed by atoms with E-state index in [1.807, 2.05) is 11.6 Å². The van der Waals surface area contributed by atoms with Crippen molar-refractivity contribution in [1.29, 1.82) is 0 Å². The summed E-state index contributed by atoms with van der Waals surface area (Å²) in [6, 6.07) is 13.5. The summed E-state index contributed by atoms with van der Waals surface area (Å²) in [5, 5.41) is 3.23. The van der Waals surface area contributed by atoms with Crippen molar-refractivity contribution in [3.63, 3.8) is 0 Å². The molecule has 1 saturated heterocycles. The second-order valence-corrected chi connectivity index (χ2v) is 11.5. The molecule has 0 unspecified atom stereocenters. The lowest BCUT2D eigenvalue weighted by Gasteiger charge is -2.26. The molecular weight excluding hydrogens is 464 g/mol. The van der Waals surface area contributed by atoms with Gasteiger partial charge >= 0.3 is 0 Å². The molecule has 1 aliphatic carbocycles. The highest BCUT2D eigenvalue weighted by Gasteiger charge is 2.33. The number of sulfonamides is 1. The topological polar surface area (TPSA) is 93.5 Å². The zero-order valence-electron chi connectivity index (χ0n) is 20.2. The molecule has 0 bridgehead atoms. The predicted octanol–water partition coefficient (Wildman–Crippen LogP) is 3.10. The average Bonchev–Trinajstić information content (AvgIpc) is 3.66. The van der Waals surface area contributed by atoms with Gasteiger partial charge in [-0.05, 0) is 49.4 Å². The van der Waals surface area contributed by atoms with Crippen molar-refractivity contribution in [3.8, 4) is 0 Å². The number of amides is 1. The third-order valence-corrected chi connectivity index (χ3v) is 8.87. The summed E-state index contributed by atoms with van der Waals surface area (Å²) in [4.78, 5) is 17.8. The minimum atomic E-state index is -3.59. The quantitative estimate of drug-likeness (QED) is 0.517. The maximum absolute atomic E-state index is 13.0. The Kier molecular flexibility index (Phi) is 6.65. The number of imidazole rings is 1. The van der Waals surface area contributed by atoms with Crippen molar-refractivity contribution in [1.82, 2.24) is 19.2 Å². The molecule has 1 amide bonds. The molecule has 9 heteroatoms. The SMILES string of the molecule is Cc1ccc([C@@H](NC(=O)CCc2nc3cc(S(=O)(=O)N4CCOCC4)ccc3n2C)C2CC2)cc1. The van der Waals surface area contributed by atoms with Crippen LogP contribution in [0, 0.1) is 12.8 Å². The Hall–Kier alpha value is -2.75. The van der Waals surface area contributed by atoms with Crippen LogP contribution in [0.25, 0.3) is 11.0 Å². The highest BCUT2D eigenvalue weighted by atomic mass is 32.2. The molecule has 0 radical (unpaired) electrons. The molecule has 2 aromatic carbocycles. The summed E-state index contributed by atoms with van der Waals surface area (Å²) in [6.07, 6.45) is 3.08. The standard InChI is InChI=1S/C26H32N4O4S/c1-18-3-5-19(6-4-18)26(20-7-8-20)28-25(31)12-11-24-27-22-17-21(9-10-23(22)29(24)2)35(32,33)30-13-15-34-16-14-30/h3-6,9-10,17,20,26H,7-8,11-16H2,1-2H3,(H,28,31)/t26-/m1/s1. The van der Waals surface area contributed by atoms with Gasteiger partial charge in [-0.1, -0.05) is 29.8 Å². The van der Waals surface area contributed by atoms with E-state index >= 15 is 0 Å². The van der Waals surface area contributed by atoms with Gasteiger partial charge in [0.2, 0.25) is 15.9 Å². The first-order valence-corrected chi connectivity index (χ1v) is 13.7. The van der Waals surface area contributed by atoms with E-state index in [2.05, 4.69) is 41.5 Å². The Morgan fingerprint density at radius 2 is 1.86 bits per heavy atom. The molecule has 2 heterocycles. The second-order valence-electron chi connectivity index (χ2n) is 9.55. The number of rotatable bonds is 8. The number of nitrogens with zero attached hydrogens (tertiary/aromatic N) is 3. The van der Waals surface area contributed by atoms with Crippen LogP contribution in [-0.2, 0) is 33.0 Å². The number of carbonyl (C=O) groups excluding carboxylic acids is 1. The fourth-order valence-corrected chi connectivity index (χ4v) is 6.13. The van der Waals surface area contributed by atoms with Crippen LogP contribution in [0.1, 0.15) is 42.3 Å². The molecule has 3 aromatic rings. The molecule has 1 aliphatic heterocycles. The number of carbonyl (C=O) groups is 1. The average molecular weight is 497 g/mol. The van der Waals surface area contributed by atoms with Crippen molar-refractivity contribution in [3.05, 3.63) is 59.4 Å². The van der Waals surface area contributed by atoms with Gasteiger partial charge in [-0.25, -0.2) is 13.4 Å². The molecule has 1 N–H and O–H groups in total. The number of morpholine rings is 1. The van der Waals surface area contributed by atoms with Crippen molar-refractivity contribution >= 4 is 27.0 Å². The molecule has 1 saturated carbocycles. The molecule has 1 aromatic heterocycles. The number of hydrogen-bond donors (Lipinski definition) is 1. The van der Waals surface area contributed by atoms with E-state index in [1.165, 1.54) is 9.87 Å². The Morgan fingerprint density at radius 1 is 1.14 bits per heavy atom. The maximum atomic E-state index is 13.0. The lowest BCUT2D eigenvalue weighted by atomic mass is 10.0. The summed E-state index contributed by atoms with van der Waals surface area (Å²) in [7, 11) is -1.69. The minimum absolute atomic E-state index is 0.00474. The lowest BCUT2D eigenvalue weighted by molar-refractivity contribution is -0.122. The van der Waals surface area contributed by atoms with Crippen LogP contribution in [0.2, 0.25) is 0 Å². The van der Waals surface area contributed by atoms with Crippen molar-refractivity contribution < 1.29 is 17.9 Å². The smallest absolute Gasteiger partial charge is 0.243 e. The highest BCUT2D eigenvalue weighted by molar-refractivity contribution is 7.89. The van der Waals surface area contributed by atoms with E-state index in [-0.39, 0.29) is 16.8 Å². The zero-order chi connectivity index (χ0) is 24.6. The van der Waals surface area contributed by atoms with Gasteiger partial charge in [0.15, 0.2) is 0 Å². The fourth-order valence-electron chi connectivity index (χ4n) is 4.70. The van der Waals surface area contributed by atoms with Gasteiger partial charge in [-0.2, -0.15) is 4.31 Å². The third kappa shape index (κ3) is 5.12. The lowest BCUT2D eigenvalue weighted by Crippen LogP contribution is -2.40. The summed E-state index contributed by atoms with van der Waals surface area (Å²) in [5.41, 5.74) is 3.82. The van der Waals surface area contributed by atoms with Gasteiger partial charge in [0.05, 0.1) is 35.2 Å². The minimum Gasteiger partial charge on any atom is -0.379 e. The molecule has 0 spiro atoms. The number of aromatic nitrogens is 2. The molecule has 186 valence electrons. The van der Waals surface area contributed by atoms with E-state index < -0.39 is 10.0 Å². The van der Waals surface area contributed by atoms with Crippen LogP contribution >= 0.6 is 0 Å². The molecule has 2 fully saturated rings. The number of benzene rings is 2. The number of ether oxygens (including phenoxy) is 1. The van der Waals surface area contributed by atoms with E-state index in [0.717, 1.165) is 29.7 Å². The summed E-state index contributed by atoms with van der Waals surface area (Å²) in [6.45, 7) is 3.58. The second kappa shape index (κ2) is 9.72. The van der Waals surface area contributed by atoms with E-state index in [4.69, 9.17) is 4.74 Å². The van der Waals surface area contributed by atoms with Crippen LogP contribution in [0.5, 0.6) is 0 Å². The van der Waals surface area contributed by atoms with Crippen molar-refractivity contribution in [2.45, 2.75) is 43.5 Å². The first-order chi connectivity index (χ1) is 16.8. The molecule has 2 aliphatic rings. The van der Waals surface area contributed by atoms with Crippen molar-refractivity contribution in [2.24, 2.45) is 13.0 Å². The van der Waals surface area contributed by atoms with Gasteiger partial charge in [0.25, 0.3) is 0 Å². The van der Waals surface area contributed by atoms with Gasteiger partial charge in [0.1, 0.15) is 5.82 Å². The van der Waals surface area contributed by atoms with Crippen LogP contribution in [-0.4, -0.2) is 54.5 Å². The summed E-state index contributed by atoms with van der Waals surface area (Å²) < 4.78 is 34.7. The number of hydrogen-bond acceptors (Lipinski definition) is 5. The predicted molar refractivity (Wildman–Crippen MR) is 133 cm³/mol. The Labute approximate surface area is 206 Å². The molecule has 35 heavy (non-hydrogen) atoms. The van der Waals surface area contributed by atoms with Gasteiger partial charge in [0, 0.05) is 33.0 Å². The zero-order valence-corrected chi connectivity index (χ0v) is 21.1. The highest BCUT2D eigenvalue weighted by Crippen LogP contribution is 2.41. The van der Waals surface area contributed by atoms with Gasteiger partial charge in [-0.15, -0.1) is 0 Å². The number of aryl methyl sites for hydroxylation is 3. The normalized spacial score (nSPS) is 18.0. The van der Waals surface area contributed by atoms with Gasteiger partial charge < -0.3 is 14.6 Å². The Balaban J connectivity index is 1.28. The first-order valence-electron chi connectivity index (χ1n) is 12.2. The number of fused-ring (bicyclic) bond motifs is 1. The molecule has 1 atom stereocenters. The number of nitrogens with one attached hydrogen (secondary N) is 1. The molecule has 8 nitrogen and oxygen atoms in total. The summed E-state index contributed by atoms with van der Waals surface area (Å²) >= 11 is 0. The van der Waals surface area contributed by atoms with E-state index in [9.17, 15) is 13.2 Å². The van der Waals surface area contributed by atoms with Gasteiger partial charge in [-0.3, -0.25) is 4.79 Å².